The number of amides is 1. The maximum absolute atomic E-state index is 12.7. The van der Waals surface area contributed by atoms with E-state index in [4.69, 9.17) is 4.42 Å². The van der Waals surface area contributed by atoms with Gasteiger partial charge in [-0.25, -0.2) is 8.42 Å². The molecule has 0 aliphatic carbocycles. The molecule has 0 spiro atoms. The summed E-state index contributed by atoms with van der Waals surface area (Å²) in [5.74, 6) is 1.16. The van der Waals surface area contributed by atoms with Crippen molar-refractivity contribution in [1.29, 1.82) is 0 Å². The first kappa shape index (κ1) is 18.2. The summed E-state index contributed by atoms with van der Waals surface area (Å²) in [5, 5.41) is 0. The lowest BCUT2D eigenvalue weighted by Gasteiger charge is -2.34. The minimum atomic E-state index is -3.56. The molecule has 2 heterocycles. The van der Waals surface area contributed by atoms with E-state index in [2.05, 4.69) is 15.9 Å². The fourth-order valence-electron chi connectivity index (χ4n) is 2.92. The molecular formula is C17H19BrN2O4S. The smallest absolute Gasteiger partial charge is 0.257 e. The summed E-state index contributed by atoms with van der Waals surface area (Å²) in [4.78, 5) is 14.5. The first-order valence-electron chi connectivity index (χ1n) is 7.91. The van der Waals surface area contributed by atoms with Crippen LogP contribution in [0.3, 0.4) is 0 Å². The fourth-order valence-corrected chi connectivity index (χ4v) is 4.94. The van der Waals surface area contributed by atoms with E-state index in [0.717, 1.165) is 0 Å². The molecule has 0 radical (unpaired) electrons. The van der Waals surface area contributed by atoms with Gasteiger partial charge in [0.2, 0.25) is 10.0 Å². The SMILES string of the molecule is Cc1cc(C(=O)N2CCN(S(=O)(=O)c3cccc(Br)c3)CC2)c(C)o1. The molecular weight excluding hydrogens is 408 g/mol. The number of aryl methyl sites for hydroxylation is 2. The molecule has 0 saturated carbocycles. The van der Waals surface area contributed by atoms with Gasteiger partial charge in [0.05, 0.1) is 10.5 Å². The fraction of sp³-hybridized carbons (Fsp3) is 0.353. The highest BCUT2D eigenvalue weighted by Gasteiger charge is 2.31. The maximum Gasteiger partial charge on any atom is 0.257 e. The second kappa shape index (κ2) is 6.93. The summed E-state index contributed by atoms with van der Waals surface area (Å²) in [5.41, 5.74) is 0.542. The second-order valence-corrected chi connectivity index (χ2v) is 8.83. The summed E-state index contributed by atoms with van der Waals surface area (Å²) >= 11 is 3.30. The van der Waals surface area contributed by atoms with Crippen LogP contribution in [0.25, 0.3) is 0 Å². The van der Waals surface area contributed by atoms with Crippen molar-refractivity contribution in [3.63, 3.8) is 0 Å². The third-order valence-electron chi connectivity index (χ3n) is 4.23. The van der Waals surface area contributed by atoms with Gasteiger partial charge in [-0.05, 0) is 38.1 Å². The van der Waals surface area contributed by atoms with Crippen molar-refractivity contribution in [2.75, 3.05) is 26.2 Å². The van der Waals surface area contributed by atoms with Crippen LogP contribution in [0, 0.1) is 13.8 Å². The number of rotatable bonds is 3. The summed E-state index contributed by atoms with van der Waals surface area (Å²) < 4.78 is 33.0. The zero-order valence-corrected chi connectivity index (χ0v) is 16.4. The largest absolute Gasteiger partial charge is 0.466 e. The van der Waals surface area contributed by atoms with E-state index in [1.165, 1.54) is 4.31 Å². The molecule has 0 atom stereocenters. The van der Waals surface area contributed by atoms with Crippen LogP contribution in [-0.2, 0) is 10.0 Å². The van der Waals surface area contributed by atoms with Crippen LogP contribution in [0.1, 0.15) is 21.9 Å². The van der Waals surface area contributed by atoms with Gasteiger partial charge in [-0.15, -0.1) is 0 Å². The van der Waals surface area contributed by atoms with E-state index >= 15 is 0 Å². The molecule has 1 aromatic heterocycles. The van der Waals surface area contributed by atoms with Crippen LogP contribution in [-0.4, -0.2) is 49.7 Å². The third kappa shape index (κ3) is 3.65. The molecule has 1 aromatic carbocycles. The Labute approximate surface area is 155 Å². The number of benzene rings is 1. The standard InChI is InChI=1S/C17H19BrN2O4S/c1-12-10-16(13(2)24-12)17(21)19-6-8-20(9-7-19)25(22,23)15-5-3-4-14(18)11-15/h3-5,10-11H,6-9H2,1-2H3. The zero-order chi connectivity index (χ0) is 18.2. The van der Waals surface area contributed by atoms with E-state index in [0.29, 0.717) is 34.6 Å². The van der Waals surface area contributed by atoms with Crippen molar-refractivity contribution in [3.05, 3.63) is 51.9 Å². The van der Waals surface area contributed by atoms with Gasteiger partial charge >= 0.3 is 0 Å². The molecule has 134 valence electrons. The van der Waals surface area contributed by atoms with Gasteiger partial charge in [-0.1, -0.05) is 22.0 Å². The molecule has 0 unspecified atom stereocenters. The van der Waals surface area contributed by atoms with E-state index in [-0.39, 0.29) is 23.9 Å². The molecule has 1 aliphatic rings. The number of furan rings is 1. The number of hydrogen-bond donors (Lipinski definition) is 0. The number of piperazine rings is 1. The monoisotopic (exact) mass is 426 g/mol. The van der Waals surface area contributed by atoms with Crippen molar-refractivity contribution >= 4 is 31.9 Å². The van der Waals surface area contributed by atoms with Crippen molar-refractivity contribution in [3.8, 4) is 0 Å². The van der Waals surface area contributed by atoms with Crippen molar-refractivity contribution in [2.24, 2.45) is 0 Å². The molecule has 3 rings (SSSR count). The molecule has 8 heteroatoms. The Hall–Kier alpha value is -1.64. The number of halogens is 1. The highest BCUT2D eigenvalue weighted by atomic mass is 79.9. The van der Waals surface area contributed by atoms with E-state index in [1.807, 2.05) is 0 Å². The highest BCUT2D eigenvalue weighted by molar-refractivity contribution is 9.10. The number of carbonyl (C=O) groups excluding carboxylic acids is 1. The molecule has 2 aromatic rings. The Kier molecular flexibility index (Phi) is 5.04. The van der Waals surface area contributed by atoms with Crippen LogP contribution in [0.2, 0.25) is 0 Å². The van der Waals surface area contributed by atoms with Crippen molar-refractivity contribution in [1.82, 2.24) is 9.21 Å². The number of sulfonamides is 1. The summed E-state index contributed by atoms with van der Waals surface area (Å²) in [7, 11) is -3.56. The number of nitrogens with zero attached hydrogens (tertiary/aromatic N) is 2. The number of hydrogen-bond acceptors (Lipinski definition) is 4. The Morgan fingerprint density at radius 3 is 2.36 bits per heavy atom. The van der Waals surface area contributed by atoms with Crippen LogP contribution in [0.5, 0.6) is 0 Å². The molecule has 25 heavy (non-hydrogen) atoms. The van der Waals surface area contributed by atoms with Crippen LogP contribution >= 0.6 is 15.9 Å². The molecule has 1 aliphatic heterocycles. The zero-order valence-electron chi connectivity index (χ0n) is 14.0. The van der Waals surface area contributed by atoms with Gasteiger partial charge in [-0.2, -0.15) is 4.31 Å². The van der Waals surface area contributed by atoms with Crippen LogP contribution in [0.15, 0.2) is 44.1 Å². The molecule has 1 fully saturated rings. The van der Waals surface area contributed by atoms with Crippen molar-refractivity contribution < 1.29 is 17.6 Å². The van der Waals surface area contributed by atoms with E-state index < -0.39 is 10.0 Å². The van der Waals surface area contributed by atoms with Gasteiger partial charge in [0.25, 0.3) is 5.91 Å². The molecule has 0 N–H and O–H groups in total. The average molecular weight is 427 g/mol. The van der Waals surface area contributed by atoms with Gasteiger partial charge < -0.3 is 9.32 Å². The predicted octanol–water partition coefficient (Wildman–Crippen LogP) is 2.81. The van der Waals surface area contributed by atoms with Crippen molar-refractivity contribution in [2.45, 2.75) is 18.7 Å². The summed E-state index contributed by atoms with van der Waals surface area (Å²) in [6, 6.07) is 8.37. The third-order valence-corrected chi connectivity index (χ3v) is 6.62. The molecule has 1 saturated heterocycles. The van der Waals surface area contributed by atoms with E-state index in [9.17, 15) is 13.2 Å². The Morgan fingerprint density at radius 2 is 1.80 bits per heavy atom. The molecule has 1 amide bonds. The van der Waals surface area contributed by atoms with Crippen LogP contribution < -0.4 is 0 Å². The molecule has 6 nitrogen and oxygen atoms in total. The summed E-state index contributed by atoms with van der Waals surface area (Å²) in [6.07, 6.45) is 0. The second-order valence-electron chi connectivity index (χ2n) is 5.98. The Morgan fingerprint density at radius 1 is 1.12 bits per heavy atom. The topological polar surface area (TPSA) is 70.8 Å². The lowest BCUT2D eigenvalue weighted by molar-refractivity contribution is 0.0696. The first-order chi connectivity index (χ1) is 11.8. The Balaban J connectivity index is 1.71. The van der Waals surface area contributed by atoms with E-state index in [1.54, 1.807) is 49.1 Å². The quantitative estimate of drug-likeness (QED) is 0.756. The normalized spacial score (nSPS) is 16.2. The highest BCUT2D eigenvalue weighted by Crippen LogP contribution is 2.22. The summed E-state index contributed by atoms with van der Waals surface area (Å²) in [6.45, 7) is 4.82. The van der Waals surface area contributed by atoms with Gasteiger partial charge in [0.15, 0.2) is 0 Å². The number of carbonyl (C=O) groups is 1. The minimum Gasteiger partial charge on any atom is -0.466 e. The predicted molar refractivity (Wildman–Crippen MR) is 97.0 cm³/mol. The Bertz CT molecular complexity index is 899. The lowest BCUT2D eigenvalue weighted by atomic mass is 10.2. The lowest BCUT2D eigenvalue weighted by Crippen LogP contribution is -2.50. The average Bonchev–Trinajstić information content (AvgIpc) is 2.92. The van der Waals surface area contributed by atoms with Gasteiger partial charge in [0.1, 0.15) is 11.5 Å². The first-order valence-corrected chi connectivity index (χ1v) is 10.1. The minimum absolute atomic E-state index is 0.117. The molecule has 0 bridgehead atoms. The van der Waals surface area contributed by atoms with Crippen LogP contribution in [0.4, 0.5) is 0 Å². The maximum atomic E-state index is 12.7. The van der Waals surface area contributed by atoms with Gasteiger partial charge in [0, 0.05) is 30.7 Å². The van der Waals surface area contributed by atoms with Gasteiger partial charge in [-0.3, -0.25) is 4.79 Å².